The number of nitrogens with one attached hydrogen (secondary N) is 1. The Hall–Kier alpha value is -3.49. The number of hydrogen-bond donors (Lipinski definition) is 2. The van der Waals surface area contributed by atoms with Crippen LogP contribution in [-0.2, 0) is 4.79 Å². The molecule has 9 heteroatoms. The maximum atomic E-state index is 12.5. The number of amides is 2. The van der Waals surface area contributed by atoms with Crippen LogP contribution in [0.2, 0.25) is 0 Å². The van der Waals surface area contributed by atoms with Crippen LogP contribution in [0.5, 0.6) is 11.5 Å². The number of ether oxygens (including phenoxy) is 2. The highest BCUT2D eigenvalue weighted by atomic mass is 16.7. The van der Waals surface area contributed by atoms with Gasteiger partial charge in [-0.3, -0.25) is 9.59 Å². The van der Waals surface area contributed by atoms with Gasteiger partial charge in [-0.2, -0.15) is 0 Å². The van der Waals surface area contributed by atoms with E-state index in [-0.39, 0.29) is 36.0 Å². The van der Waals surface area contributed by atoms with E-state index in [4.69, 9.17) is 19.0 Å². The second-order valence-corrected chi connectivity index (χ2v) is 6.59. The van der Waals surface area contributed by atoms with Crippen molar-refractivity contribution in [1.29, 1.82) is 0 Å². The SMILES string of the molecule is O=C(O)c1ccc(C(=O)N2CCC(C(=O)Nc3ccc4c(c3)OCO4)CC2)o1. The van der Waals surface area contributed by atoms with Crippen LogP contribution >= 0.6 is 0 Å². The van der Waals surface area contributed by atoms with E-state index in [9.17, 15) is 14.4 Å². The number of carboxylic acid groups (broad SMARTS) is 1. The number of piperidine rings is 1. The molecule has 1 aromatic carbocycles. The van der Waals surface area contributed by atoms with Gasteiger partial charge >= 0.3 is 5.97 Å². The molecule has 28 heavy (non-hydrogen) atoms. The van der Waals surface area contributed by atoms with Crippen LogP contribution in [0.3, 0.4) is 0 Å². The third kappa shape index (κ3) is 3.51. The summed E-state index contributed by atoms with van der Waals surface area (Å²) >= 11 is 0. The number of hydrogen-bond acceptors (Lipinski definition) is 6. The summed E-state index contributed by atoms with van der Waals surface area (Å²) in [5.41, 5.74) is 0.629. The van der Waals surface area contributed by atoms with Crippen molar-refractivity contribution in [2.75, 3.05) is 25.2 Å². The van der Waals surface area contributed by atoms with E-state index in [1.165, 1.54) is 12.1 Å². The van der Waals surface area contributed by atoms with Gasteiger partial charge < -0.3 is 29.2 Å². The Morgan fingerprint density at radius 2 is 1.71 bits per heavy atom. The lowest BCUT2D eigenvalue weighted by Gasteiger charge is -2.30. The van der Waals surface area contributed by atoms with E-state index in [0.717, 1.165) is 0 Å². The summed E-state index contributed by atoms with van der Waals surface area (Å²) in [6.45, 7) is 0.950. The van der Waals surface area contributed by atoms with Crippen LogP contribution in [0.25, 0.3) is 0 Å². The summed E-state index contributed by atoms with van der Waals surface area (Å²) in [5, 5.41) is 11.8. The number of carbonyl (C=O) groups is 3. The first-order valence-corrected chi connectivity index (χ1v) is 8.84. The summed E-state index contributed by atoms with van der Waals surface area (Å²) < 4.78 is 15.6. The average molecular weight is 386 g/mol. The largest absolute Gasteiger partial charge is 0.475 e. The minimum Gasteiger partial charge on any atom is -0.475 e. The molecule has 0 aliphatic carbocycles. The highest BCUT2D eigenvalue weighted by molar-refractivity contribution is 5.95. The quantitative estimate of drug-likeness (QED) is 0.827. The first kappa shape index (κ1) is 17.9. The van der Waals surface area contributed by atoms with Crippen molar-refractivity contribution in [3.63, 3.8) is 0 Å². The van der Waals surface area contributed by atoms with Gasteiger partial charge in [-0.05, 0) is 37.1 Å². The van der Waals surface area contributed by atoms with Gasteiger partial charge in [-0.25, -0.2) is 4.79 Å². The second-order valence-electron chi connectivity index (χ2n) is 6.59. The van der Waals surface area contributed by atoms with Crippen molar-refractivity contribution in [2.24, 2.45) is 5.92 Å². The van der Waals surface area contributed by atoms with Crippen LogP contribution < -0.4 is 14.8 Å². The number of carboxylic acids is 1. The number of nitrogens with zero attached hydrogens (tertiary/aromatic N) is 1. The maximum Gasteiger partial charge on any atom is 0.371 e. The van der Waals surface area contributed by atoms with Crippen LogP contribution in [0.4, 0.5) is 5.69 Å². The molecule has 1 aromatic heterocycles. The normalized spacial score (nSPS) is 16.1. The van der Waals surface area contributed by atoms with Crippen molar-refractivity contribution in [3.05, 3.63) is 41.9 Å². The standard InChI is InChI=1S/C19H18N2O7/c22-17(20-12-1-2-13-16(9-12)27-10-26-13)11-5-7-21(8-6-11)18(23)14-3-4-15(28-14)19(24)25/h1-4,9,11H,5-8,10H2,(H,20,22)(H,24,25). The Morgan fingerprint density at radius 3 is 2.43 bits per heavy atom. The van der Waals surface area contributed by atoms with Gasteiger partial charge in [0.2, 0.25) is 18.5 Å². The number of furan rings is 1. The lowest BCUT2D eigenvalue weighted by molar-refractivity contribution is -0.121. The van der Waals surface area contributed by atoms with Crippen LogP contribution in [0, 0.1) is 5.92 Å². The summed E-state index contributed by atoms with van der Waals surface area (Å²) in [7, 11) is 0. The zero-order valence-electron chi connectivity index (χ0n) is 14.8. The second kappa shape index (κ2) is 7.26. The smallest absolute Gasteiger partial charge is 0.371 e. The minimum absolute atomic E-state index is 0.0133. The highest BCUT2D eigenvalue weighted by Crippen LogP contribution is 2.34. The molecule has 2 aliphatic heterocycles. The fourth-order valence-electron chi connectivity index (χ4n) is 3.29. The van der Waals surface area contributed by atoms with Crippen molar-refractivity contribution < 1.29 is 33.4 Å². The van der Waals surface area contributed by atoms with E-state index >= 15 is 0 Å². The number of aromatic carboxylic acids is 1. The monoisotopic (exact) mass is 386 g/mol. The molecule has 2 aliphatic rings. The number of fused-ring (bicyclic) bond motifs is 1. The van der Waals surface area contributed by atoms with Gasteiger partial charge in [0.15, 0.2) is 17.3 Å². The average Bonchev–Trinajstić information content (AvgIpc) is 3.37. The molecular formula is C19H18N2O7. The van der Waals surface area contributed by atoms with Gasteiger partial charge in [0.25, 0.3) is 5.91 Å². The first-order chi connectivity index (χ1) is 13.5. The van der Waals surface area contributed by atoms with Crippen molar-refractivity contribution in [2.45, 2.75) is 12.8 Å². The zero-order valence-corrected chi connectivity index (χ0v) is 14.8. The van der Waals surface area contributed by atoms with E-state index < -0.39 is 5.97 Å². The molecule has 2 amide bonds. The molecule has 146 valence electrons. The van der Waals surface area contributed by atoms with Gasteiger partial charge in [-0.1, -0.05) is 0 Å². The molecular weight excluding hydrogens is 368 g/mol. The molecule has 0 spiro atoms. The molecule has 0 atom stereocenters. The zero-order chi connectivity index (χ0) is 19.7. The Labute approximate surface area is 159 Å². The fourth-order valence-corrected chi connectivity index (χ4v) is 3.29. The summed E-state index contributed by atoms with van der Waals surface area (Å²) in [5.74, 6) is -0.981. The molecule has 3 heterocycles. The molecule has 1 fully saturated rings. The van der Waals surface area contributed by atoms with Crippen LogP contribution in [-0.4, -0.2) is 47.7 Å². The maximum absolute atomic E-state index is 12.5. The Bertz CT molecular complexity index is 928. The van der Waals surface area contributed by atoms with Gasteiger partial charge in [-0.15, -0.1) is 0 Å². The number of likely N-dealkylation sites (tertiary alicyclic amines) is 1. The van der Waals surface area contributed by atoms with Gasteiger partial charge in [0, 0.05) is 30.8 Å². The Balaban J connectivity index is 1.32. The van der Waals surface area contributed by atoms with E-state index in [2.05, 4.69) is 5.32 Å². The Morgan fingerprint density at radius 1 is 1.00 bits per heavy atom. The van der Waals surface area contributed by atoms with Crippen LogP contribution in [0.15, 0.2) is 34.7 Å². The molecule has 0 radical (unpaired) electrons. The van der Waals surface area contributed by atoms with Gasteiger partial charge in [0.1, 0.15) is 0 Å². The number of benzene rings is 1. The van der Waals surface area contributed by atoms with Crippen molar-refractivity contribution in [3.8, 4) is 11.5 Å². The minimum atomic E-state index is -1.22. The third-order valence-electron chi connectivity index (χ3n) is 4.82. The third-order valence-corrected chi connectivity index (χ3v) is 4.82. The molecule has 0 bridgehead atoms. The summed E-state index contributed by atoms with van der Waals surface area (Å²) in [6.07, 6.45) is 1.02. The lowest BCUT2D eigenvalue weighted by Crippen LogP contribution is -2.41. The molecule has 1 saturated heterocycles. The number of carbonyl (C=O) groups excluding carboxylic acids is 2. The van der Waals surface area contributed by atoms with E-state index in [0.29, 0.717) is 43.1 Å². The fraction of sp³-hybridized carbons (Fsp3) is 0.316. The van der Waals surface area contributed by atoms with Crippen molar-refractivity contribution in [1.82, 2.24) is 4.90 Å². The topological polar surface area (TPSA) is 118 Å². The highest BCUT2D eigenvalue weighted by Gasteiger charge is 2.29. The van der Waals surface area contributed by atoms with Crippen LogP contribution in [0.1, 0.15) is 34.0 Å². The van der Waals surface area contributed by atoms with E-state index in [1.807, 2.05) is 0 Å². The predicted octanol–water partition coefficient (Wildman–Crippen LogP) is 2.20. The molecule has 2 aromatic rings. The molecule has 2 N–H and O–H groups in total. The molecule has 0 unspecified atom stereocenters. The molecule has 4 rings (SSSR count). The predicted molar refractivity (Wildman–Crippen MR) is 95.5 cm³/mol. The van der Waals surface area contributed by atoms with E-state index in [1.54, 1.807) is 23.1 Å². The first-order valence-electron chi connectivity index (χ1n) is 8.84. The van der Waals surface area contributed by atoms with Crippen molar-refractivity contribution >= 4 is 23.5 Å². The number of rotatable bonds is 4. The summed E-state index contributed by atoms with van der Waals surface area (Å²) in [6, 6.07) is 7.82. The molecule has 0 saturated carbocycles. The Kier molecular flexibility index (Phi) is 4.64. The lowest BCUT2D eigenvalue weighted by atomic mass is 9.95. The summed E-state index contributed by atoms with van der Waals surface area (Å²) in [4.78, 5) is 37.4. The number of anilines is 1. The van der Waals surface area contributed by atoms with Gasteiger partial charge in [0.05, 0.1) is 0 Å². The molecule has 9 nitrogen and oxygen atoms in total.